The number of anilines is 2. The van der Waals surface area contributed by atoms with Crippen molar-refractivity contribution in [3.63, 3.8) is 0 Å². The number of hydrogen-bond acceptors (Lipinski definition) is 5. The fraction of sp³-hybridized carbons (Fsp3) is 0.103. The summed E-state index contributed by atoms with van der Waals surface area (Å²) < 4.78 is 73.4. The molecule has 4 aromatic rings. The maximum atomic E-state index is 12.5. The second-order valence-corrected chi connectivity index (χ2v) is 8.90. The number of nitrogens with one attached hydrogen (secondary N) is 1. The molecule has 4 aromatic carbocycles. The van der Waals surface area contributed by atoms with Gasteiger partial charge < -0.3 is 26.4 Å². The van der Waals surface area contributed by atoms with Gasteiger partial charge in [-0.25, -0.2) is 4.79 Å². The molecule has 0 unspecified atom stereocenters. The van der Waals surface area contributed by atoms with Crippen LogP contribution in [0.1, 0.15) is 31.8 Å². The number of halogens is 8. The van der Waals surface area contributed by atoms with Crippen molar-refractivity contribution in [1.29, 1.82) is 0 Å². The van der Waals surface area contributed by atoms with Gasteiger partial charge in [-0.2, -0.15) is 26.3 Å². The molecule has 0 bridgehead atoms. The summed E-state index contributed by atoms with van der Waals surface area (Å²) in [5.74, 6) is -2.23. The predicted molar refractivity (Wildman–Crippen MR) is 155 cm³/mol. The Labute approximate surface area is 257 Å². The minimum Gasteiger partial charge on any atom is -0.507 e. The number of alkyl halides is 8. The number of amides is 1. The van der Waals surface area contributed by atoms with Crippen LogP contribution >= 0.6 is 23.2 Å². The monoisotopic (exact) mass is 913 g/mol. The van der Waals surface area contributed by atoms with Crippen molar-refractivity contribution in [2.75, 3.05) is 16.4 Å². The number of nitrogens with two attached hydrogens (primary N) is 1. The number of para-hydroxylation sites is 2. The van der Waals surface area contributed by atoms with Crippen LogP contribution in [0.25, 0.3) is 0 Å². The van der Waals surface area contributed by atoms with E-state index in [0.717, 1.165) is 24.3 Å². The molecule has 0 radical (unpaired) electrons. The van der Waals surface area contributed by atoms with E-state index in [2.05, 4.69) is 5.32 Å². The first-order chi connectivity index (χ1) is 20.5. The number of rotatable bonds is 3. The molecule has 0 fully saturated rings. The molecule has 0 aromatic heterocycles. The van der Waals surface area contributed by atoms with Crippen molar-refractivity contribution in [1.82, 2.24) is 0 Å². The molecule has 7 nitrogen and oxygen atoms in total. The van der Waals surface area contributed by atoms with Gasteiger partial charge in [0.1, 0.15) is 17.1 Å². The number of carboxylic acids is 1. The third-order valence-electron chi connectivity index (χ3n) is 4.94. The van der Waals surface area contributed by atoms with Crippen molar-refractivity contribution in [2.45, 2.75) is 12.4 Å². The van der Waals surface area contributed by atoms with Crippen LogP contribution in [0.2, 0.25) is 0 Å². The number of aromatic carboxylic acids is 1. The summed E-state index contributed by atoms with van der Waals surface area (Å²) in [7, 11) is 0. The van der Waals surface area contributed by atoms with Crippen LogP contribution in [-0.2, 0) is 12.4 Å². The largest absolute Gasteiger partial charge is 0.507 e. The Morgan fingerprint density at radius 2 is 1.11 bits per heavy atom. The van der Waals surface area contributed by atoms with Crippen LogP contribution in [0.5, 0.6) is 11.5 Å². The van der Waals surface area contributed by atoms with Gasteiger partial charge in [0, 0.05) is 11.4 Å². The summed E-state index contributed by atoms with van der Waals surface area (Å²) in [6, 6.07) is 20.4. The first-order valence-corrected chi connectivity index (χ1v) is 12.9. The SMILES string of the molecule is ClCCl.Nc1cccc(C(F)(F)F)c1.O=C(Nc1cccc(C(F)(F)F)c1)c1ccccc1O.O=C(O)c1ccccc1O.[Cf]. The zero-order chi connectivity index (χ0) is 33.5. The first kappa shape index (κ1) is 39.4. The first-order valence-electron chi connectivity index (χ1n) is 11.8. The number of carbonyl (C=O) groups is 2. The van der Waals surface area contributed by atoms with Gasteiger partial charge >= 0.3 is 18.3 Å². The Hall–Kier alpha value is -5.62. The van der Waals surface area contributed by atoms with Gasteiger partial charge in [-0.05, 0) is 60.7 Å². The molecule has 0 atom stereocenters. The van der Waals surface area contributed by atoms with Crippen LogP contribution in [-0.4, -0.2) is 32.5 Å². The van der Waals surface area contributed by atoms with Crippen molar-refractivity contribution < 1.29 is 51.3 Å². The molecular weight excluding hydrogens is 892 g/mol. The molecule has 0 aliphatic carbocycles. The van der Waals surface area contributed by atoms with Crippen molar-refractivity contribution in [3.8, 4) is 11.5 Å². The Bertz CT molecular complexity index is 1520. The number of carboxylic acid groups (broad SMARTS) is 1. The van der Waals surface area contributed by atoms with E-state index in [4.69, 9.17) is 39.1 Å². The predicted octanol–water partition coefficient (Wildman–Crippen LogP) is 8.46. The second kappa shape index (κ2) is 18.1. The van der Waals surface area contributed by atoms with Crippen LogP contribution in [0.15, 0.2) is 97.1 Å². The standard InChI is InChI=1S/C14H10F3NO2.C7H6F3N.C7H6O3.CH2Cl2.Cf/c15-14(16,17)9-4-3-5-10(8-9)18-13(20)11-6-1-2-7-12(11)19;8-7(9,10)5-2-1-3-6(11)4-5;8-6-4-2-1-3-5(6)7(9)10;2-1-3;/h1-8,19H,(H,18,20);1-4H,11H2;1-4,8H,(H,9,10);1H2;. The second-order valence-electron chi connectivity index (χ2n) is 8.10. The molecule has 0 saturated heterocycles. The van der Waals surface area contributed by atoms with Crippen molar-refractivity contribution in [3.05, 3.63) is 119 Å². The molecule has 1 amide bonds. The fourth-order valence-corrected chi connectivity index (χ4v) is 3.01. The maximum absolute atomic E-state index is 12.5. The Morgan fingerprint density at radius 3 is 1.49 bits per heavy atom. The van der Waals surface area contributed by atoms with Crippen LogP contribution in [0, 0.1) is 0 Å². The molecule has 0 saturated carbocycles. The summed E-state index contributed by atoms with van der Waals surface area (Å²) in [5, 5.41) is 29.3. The van der Waals surface area contributed by atoms with Gasteiger partial charge in [-0.15, -0.1) is 23.2 Å². The van der Waals surface area contributed by atoms with Crippen LogP contribution < -0.4 is 11.1 Å². The quantitative estimate of drug-likeness (QED) is 0.0797. The Balaban J connectivity index is 0.000000659. The molecule has 0 heterocycles. The number of phenolic OH excluding ortho intramolecular Hbond substituents is 1. The number of hydrogen-bond donors (Lipinski definition) is 5. The Morgan fingerprint density at radius 1 is 0.689 bits per heavy atom. The molecule has 16 heteroatoms. The van der Waals surface area contributed by atoms with Gasteiger partial charge in [0.05, 0.1) is 22.0 Å². The number of carbonyl (C=O) groups excluding carboxylic acids is 1. The number of aromatic hydroxyl groups is 2. The summed E-state index contributed by atoms with van der Waals surface area (Å²) in [4.78, 5) is 22.1. The van der Waals surface area contributed by atoms with Gasteiger partial charge in [-0.1, -0.05) is 36.4 Å². The third kappa shape index (κ3) is 13.9. The van der Waals surface area contributed by atoms with Gasteiger partial charge in [0.25, 0.3) is 5.91 Å². The van der Waals surface area contributed by atoms with Crippen LogP contribution in [0.4, 0.5) is 37.7 Å². The van der Waals surface area contributed by atoms with Crippen molar-refractivity contribution in [2.24, 2.45) is 0 Å². The topological polar surface area (TPSA) is 133 Å². The van der Waals surface area contributed by atoms with E-state index in [-0.39, 0.29) is 39.3 Å². The summed E-state index contributed by atoms with van der Waals surface area (Å²) >= 11 is 9.53. The number of phenols is 2. The van der Waals surface area contributed by atoms with E-state index in [1.165, 1.54) is 54.6 Å². The minimum absolute atomic E-state index is 0. The summed E-state index contributed by atoms with van der Waals surface area (Å²) in [5.41, 5.74) is 3.65. The van der Waals surface area contributed by atoms with Crippen LogP contribution in [0.3, 0.4) is 0 Å². The summed E-state index contributed by atoms with van der Waals surface area (Å²) in [6.45, 7) is 0. The van der Waals surface area contributed by atoms with E-state index < -0.39 is 35.4 Å². The number of nitrogen functional groups attached to an aromatic ring is 1. The van der Waals surface area contributed by atoms with E-state index in [1.807, 2.05) is 0 Å². The third-order valence-corrected chi connectivity index (χ3v) is 4.94. The van der Waals surface area contributed by atoms with E-state index in [9.17, 15) is 41.0 Å². The van der Waals surface area contributed by atoms with Gasteiger partial charge in [0.15, 0.2) is 0 Å². The average Bonchev–Trinajstić information content (AvgIpc) is 2.94. The molecule has 0 spiro atoms. The molecule has 0 aliphatic rings. The molecule has 6 N–H and O–H groups in total. The molecule has 246 valence electrons. The van der Waals surface area contributed by atoms with E-state index in [1.54, 1.807) is 18.2 Å². The number of benzene rings is 4. The smallest absolute Gasteiger partial charge is 0.416 e. The molecule has 0 aliphatic heterocycles. The Kier molecular flexibility index (Phi) is 15.9. The molecule has 45 heavy (non-hydrogen) atoms. The van der Waals surface area contributed by atoms with Gasteiger partial charge in [0.2, 0.25) is 0 Å². The summed E-state index contributed by atoms with van der Waals surface area (Å²) in [6.07, 6.45) is -8.77. The molecule has 4 rings (SSSR count). The normalized spacial score (nSPS) is 10.2. The fourth-order valence-electron chi connectivity index (χ4n) is 3.01. The minimum atomic E-state index is -4.48. The zero-order valence-corrected chi connectivity index (χ0v) is 26.7. The average molecular weight is 916 g/mol. The zero-order valence-electron chi connectivity index (χ0n) is 22.5. The van der Waals surface area contributed by atoms with Crippen molar-refractivity contribution >= 4 is 46.5 Å². The maximum Gasteiger partial charge on any atom is 0.416 e. The van der Waals surface area contributed by atoms with E-state index >= 15 is 0 Å². The van der Waals surface area contributed by atoms with Gasteiger partial charge in [-0.3, -0.25) is 4.79 Å². The van der Waals surface area contributed by atoms with E-state index in [0.29, 0.717) is 0 Å². The molecular formula is C29H24CfCl2F6N2O5.